The summed E-state index contributed by atoms with van der Waals surface area (Å²) in [4.78, 5) is 12.2. The third-order valence-electron chi connectivity index (χ3n) is 5.65. The monoisotopic (exact) mass is 366 g/mol. The van der Waals surface area contributed by atoms with E-state index in [1.807, 2.05) is 13.8 Å². The Labute approximate surface area is 149 Å². The molecule has 25 heavy (non-hydrogen) atoms. The van der Waals surface area contributed by atoms with E-state index in [0.717, 1.165) is 18.4 Å². The Bertz CT molecular complexity index is 767. The molecular weight excluding hydrogens is 340 g/mol. The molecule has 0 radical (unpaired) electrons. The molecule has 138 valence electrons. The summed E-state index contributed by atoms with van der Waals surface area (Å²) < 4.78 is 32.3. The zero-order valence-corrected chi connectivity index (χ0v) is 15.8. The largest absolute Gasteiger partial charge is 0.468 e. The van der Waals surface area contributed by atoms with E-state index in [1.54, 1.807) is 24.3 Å². The average molecular weight is 366 g/mol. The normalized spacial score (nSPS) is 25.4. The lowest BCUT2D eigenvalue weighted by Crippen LogP contribution is -2.53. The zero-order valence-electron chi connectivity index (χ0n) is 15.0. The van der Waals surface area contributed by atoms with Gasteiger partial charge in [0.25, 0.3) is 0 Å². The molecular formula is C18H26N2O4S. The summed E-state index contributed by atoms with van der Waals surface area (Å²) in [6, 6.07) is 6.65. The molecule has 0 aromatic heterocycles. The summed E-state index contributed by atoms with van der Waals surface area (Å²) in [5.41, 5.74) is 6.08. The van der Waals surface area contributed by atoms with Crippen molar-refractivity contribution in [3.05, 3.63) is 29.8 Å². The molecule has 1 aromatic carbocycles. The number of rotatable bonds is 4. The molecule has 3 rings (SSSR count). The van der Waals surface area contributed by atoms with E-state index in [0.29, 0.717) is 19.5 Å². The Morgan fingerprint density at radius 2 is 1.84 bits per heavy atom. The Balaban J connectivity index is 1.83. The lowest BCUT2D eigenvalue weighted by molar-refractivity contribution is -0.143. The highest BCUT2D eigenvalue weighted by Crippen LogP contribution is 2.49. The average Bonchev–Trinajstić information content (AvgIpc) is 3.38. The number of esters is 1. The van der Waals surface area contributed by atoms with Crippen molar-refractivity contribution in [2.75, 3.05) is 20.2 Å². The lowest BCUT2D eigenvalue weighted by Gasteiger charge is -2.41. The van der Waals surface area contributed by atoms with Gasteiger partial charge in [-0.2, -0.15) is 4.31 Å². The summed E-state index contributed by atoms with van der Waals surface area (Å²) in [5, 5.41) is 0. The van der Waals surface area contributed by atoms with Crippen LogP contribution in [0.5, 0.6) is 0 Å². The maximum atomic E-state index is 12.9. The van der Waals surface area contributed by atoms with Crippen LogP contribution in [0.25, 0.3) is 0 Å². The van der Waals surface area contributed by atoms with Crippen LogP contribution in [-0.2, 0) is 25.0 Å². The number of nitrogens with zero attached hydrogens (tertiary/aromatic N) is 1. The van der Waals surface area contributed by atoms with Crippen LogP contribution >= 0.6 is 0 Å². The second kappa shape index (κ2) is 6.07. The molecule has 1 saturated heterocycles. The predicted octanol–water partition coefficient (Wildman–Crippen LogP) is 1.64. The third-order valence-corrected chi connectivity index (χ3v) is 7.51. The van der Waals surface area contributed by atoms with E-state index in [4.69, 9.17) is 10.5 Å². The number of sulfonamides is 1. The molecule has 6 nitrogen and oxygen atoms in total. The molecule has 7 heteroatoms. The van der Waals surface area contributed by atoms with E-state index in [-0.39, 0.29) is 22.3 Å². The highest BCUT2D eigenvalue weighted by Gasteiger charge is 2.52. The maximum Gasteiger partial charge on any atom is 0.316 e. The van der Waals surface area contributed by atoms with Gasteiger partial charge in [0.1, 0.15) is 0 Å². The van der Waals surface area contributed by atoms with Crippen LogP contribution in [0.2, 0.25) is 0 Å². The second-order valence-corrected chi connectivity index (χ2v) is 9.76. The smallest absolute Gasteiger partial charge is 0.316 e. The molecule has 0 amide bonds. The van der Waals surface area contributed by atoms with Gasteiger partial charge in [-0.3, -0.25) is 4.79 Å². The SMILES string of the molecule is COC(=O)C1(c2ccc(S(=O)(=O)N3CCC(N)C(C)(C)C3)cc2)CC1. The second-order valence-electron chi connectivity index (χ2n) is 7.82. The molecule has 1 atom stereocenters. The fourth-order valence-electron chi connectivity index (χ4n) is 3.56. The van der Waals surface area contributed by atoms with Crippen molar-refractivity contribution in [1.29, 1.82) is 0 Å². The van der Waals surface area contributed by atoms with Gasteiger partial charge in [-0.05, 0) is 42.4 Å². The first kappa shape index (κ1) is 18.4. The highest BCUT2D eigenvalue weighted by atomic mass is 32.2. The molecule has 1 aliphatic carbocycles. The minimum absolute atomic E-state index is 0.00360. The minimum Gasteiger partial charge on any atom is -0.468 e. The summed E-state index contributed by atoms with van der Waals surface area (Å²) in [7, 11) is -2.18. The quantitative estimate of drug-likeness (QED) is 0.818. The van der Waals surface area contributed by atoms with Crippen molar-refractivity contribution in [1.82, 2.24) is 4.31 Å². The van der Waals surface area contributed by atoms with Crippen molar-refractivity contribution >= 4 is 16.0 Å². The number of methoxy groups -OCH3 is 1. The van der Waals surface area contributed by atoms with E-state index >= 15 is 0 Å². The van der Waals surface area contributed by atoms with Gasteiger partial charge in [0.15, 0.2) is 0 Å². The van der Waals surface area contributed by atoms with Crippen molar-refractivity contribution < 1.29 is 17.9 Å². The van der Waals surface area contributed by atoms with E-state index in [9.17, 15) is 13.2 Å². The Morgan fingerprint density at radius 3 is 2.32 bits per heavy atom. The first-order chi connectivity index (χ1) is 11.6. The topological polar surface area (TPSA) is 89.7 Å². The zero-order chi connectivity index (χ0) is 18.5. The van der Waals surface area contributed by atoms with Crippen LogP contribution in [0.4, 0.5) is 0 Å². The lowest BCUT2D eigenvalue weighted by atomic mass is 9.81. The summed E-state index contributed by atoms with van der Waals surface area (Å²) in [6.07, 6.45) is 2.13. The van der Waals surface area contributed by atoms with Gasteiger partial charge in [-0.15, -0.1) is 0 Å². The number of hydrogen-bond acceptors (Lipinski definition) is 5. The van der Waals surface area contributed by atoms with Gasteiger partial charge in [-0.25, -0.2) is 8.42 Å². The predicted molar refractivity (Wildman–Crippen MR) is 94.5 cm³/mol. The Hall–Kier alpha value is -1.44. The van der Waals surface area contributed by atoms with Crippen LogP contribution in [0.15, 0.2) is 29.2 Å². The maximum absolute atomic E-state index is 12.9. The first-order valence-corrected chi connectivity index (χ1v) is 10.0. The summed E-state index contributed by atoms with van der Waals surface area (Å²) >= 11 is 0. The molecule has 1 unspecified atom stereocenters. The number of nitrogens with two attached hydrogens (primary N) is 1. The number of benzene rings is 1. The number of carbonyl (C=O) groups is 1. The van der Waals surface area contributed by atoms with Crippen molar-refractivity contribution in [3.63, 3.8) is 0 Å². The standard InChI is InChI=1S/C18H26N2O4S/c1-17(2)12-20(11-8-15(17)19)25(22,23)14-6-4-13(5-7-14)18(9-10-18)16(21)24-3/h4-7,15H,8-12,19H2,1-3H3. The molecule has 1 saturated carbocycles. The molecule has 2 N–H and O–H groups in total. The van der Waals surface area contributed by atoms with Crippen molar-refractivity contribution in [2.24, 2.45) is 11.1 Å². The van der Waals surface area contributed by atoms with Crippen LogP contribution in [0.1, 0.15) is 38.7 Å². The van der Waals surface area contributed by atoms with Gasteiger partial charge in [0.2, 0.25) is 10.0 Å². The molecule has 0 bridgehead atoms. The van der Waals surface area contributed by atoms with Gasteiger partial charge in [0.05, 0.1) is 17.4 Å². The van der Waals surface area contributed by atoms with Crippen LogP contribution in [0.3, 0.4) is 0 Å². The van der Waals surface area contributed by atoms with Gasteiger partial charge in [0, 0.05) is 19.1 Å². The van der Waals surface area contributed by atoms with Crippen molar-refractivity contribution in [2.45, 2.75) is 49.5 Å². The number of piperidine rings is 1. The minimum atomic E-state index is -3.56. The summed E-state index contributed by atoms with van der Waals surface area (Å²) in [6.45, 7) is 4.83. The van der Waals surface area contributed by atoms with Crippen LogP contribution in [-0.4, -0.2) is 44.9 Å². The van der Waals surface area contributed by atoms with Crippen molar-refractivity contribution in [3.8, 4) is 0 Å². The summed E-state index contributed by atoms with van der Waals surface area (Å²) in [5.74, 6) is -0.255. The highest BCUT2D eigenvalue weighted by molar-refractivity contribution is 7.89. The van der Waals surface area contributed by atoms with Gasteiger partial charge >= 0.3 is 5.97 Å². The van der Waals surface area contributed by atoms with E-state index in [1.165, 1.54) is 11.4 Å². The van der Waals surface area contributed by atoms with E-state index < -0.39 is 15.4 Å². The Kier molecular flexibility index (Phi) is 4.46. The first-order valence-electron chi connectivity index (χ1n) is 8.58. The van der Waals surface area contributed by atoms with Gasteiger partial charge in [-0.1, -0.05) is 26.0 Å². The Morgan fingerprint density at radius 1 is 1.24 bits per heavy atom. The fraction of sp³-hybridized carbons (Fsp3) is 0.611. The molecule has 1 aromatic rings. The molecule has 0 spiro atoms. The van der Waals surface area contributed by atoms with Gasteiger partial charge < -0.3 is 10.5 Å². The number of hydrogen-bond donors (Lipinski definition) is 1. The van der Waals surface area contributed by atoms with Crippen LogP contribution in [0, 0.1) is 5.41 Å². The molecule has 2 fully saturated rings. The van der Waals surface area contributed by atoms with E-state index in [2.05, 4.69) is 0 Å². The molecule has 1 aliphatic heterocycles. The fourth-order valence-corrected chi connectivity index (χ4v) is 5.18. The third kappa shape index (κ3) is 3.09. The van der Waals surface area contributed by atoms with Crippen LogP contribution < -0.4 is 5.73 Å². The number of ether oxygens (including phenoxy) is 1. The number of carbonyl (C=O) groups excluding carboxylic acids is 1. The molecule has 2 aliphatic rings. The molecule has 1 heterocycles.